The third-order valence-corrected chi connectivity index (χ3v) is 3.78. The van der Waals surface area contributed by atoms with Crippen molar-refractivity contribution < 1.29 is 9.53 Å². The Morgan fingerprint density at radius 1 is 1.13 bits per heavy atom. The van der Waals surface area contributed by atoms with E-state index >= 15 is 0 Å². The second-order valence-corrected chi connectivity index (χ2v) is 7.52. The third kappa shape index (κ3) is 9.95. The lowest BCUT2D eigenvalue weighted by Gasteiger charge is -2.19. The fourth-order valence-electron chi connectivity index (χ4n) is 2.49. The Kier molecular flexibility index (Phi) is 11.2. The molecule has 3 N–H and O–H groups in total. The topological polar surface area (TPSA) is 92.6 Å². The number of alkyl carbamates (subject to hydrolysis) is 1. The van der Waals surface area contributed by atoms with Gasteiger partial charge in [0.05, 0.1) is 12.2 Å². The van der Waals surface area contributed by atoms with E-state index in [0.29, 0.717) is 19.6 Å². The van der Waals surface area contributed by atoms with Crippen molar-refractivity contribution in [3.8, 4) is 5.69 Å². The monoisotopic (exact) mass is 528 g/mol. The average Bonchev–Trinajstić information content (AvgIpc) is 3.19. The fourth-order valence-corrected chi connectivity index (χ4v) is 2.49. The number of halogens is 1. The minimum absolute atomic E-state index is 0. The van der Waals surface area contributed by atoms with Crippen molar-refractivity contribution in [2.75, 3.05) is 19.6 Å². The van der Waals surface area contributed by atoms with Gasteiger partial charge in [-0.1, -0.05) is 12.1 Å². The van der Waals surface area contributed by atoms with Gasteiger partial charge in [0.2, 0.25) is 0 Å². The number of nitrogens with one attached hydrogen (secondary N) is 3. The van der Waals surface area contributed by atoms with Gasteiger partial charge >= 0.3 is 6.09 Å². The minimum atomic E-state index is -0.482. The van der Waals surface area contributed by atoms with Crippen molar-refractivity contribution in [1.82, 2.24) is 25.7 Å². The van der Waals surface area contributed by atoms with Crippen LogP contribution in [0, 0.1) is 0 Å². The van der Waals surface area contributed by atoms with Crippen LogP contribution in [0.1, 0.15) is 39.7 Å². The van der Waals surface area contributed by atoms with Gasteiger partial charge in [0, 0.05) is 32.0 Å². The molecule has 0 saturated carbocycles. The lowest BCUT2D eigenvalue weighted by Crippen LogP contribution is -2.39. The molecule has 0 radical (unpaired) electrons. The van der Waals surface area contributed by atoms with E-state index in [9.17, 15) is 4.79 Å². The van der Waals surface area contributed by atoms with E-state index in [2.05, 4.69) is 38.2 Å². The van der Waals surface area contributed by atoms with E-state index in [1.807, 2.05) is 56.8 Å². The van der Waals surface area contributed by atoms with Gasteiger partial charge in [0.1, 0.15) is 5.60 Å². The number of guanidine groups is 1. The molecule has 0 atom stereocenters. The molecule has 30 heavy (non-hydrogen) atoms. The number of amides is 1. The van der Waals surface area contributed by atoms with E-state index in [1.54, 1.807) is 6.20 Å². The van der Waals surface area contributed by atoms with Crippen LogP contribution in [0.25, 0.3) is 5.69 Å². The van der Waals surface area contributed by atoms with E-state index in [1.165, 1.54) is 0 Å². The first kappa shape index (κ1) is 25.7. The molecule has 0 aliphatic rings. The Balaban J connectivity index is 0.00000450. The van der Waals surface area contributed by atoms with Crippen molar-refractivity contribution in [2.45, 2.75) is 46.3 Å². The molecule has 1 amide bonds. The van der Waals surface area contributed by atoms with Crippen LogP contribution in [0.3, 0.4) is 0 Å². The lowest BCUT2D eigenvalue weighted by molar-refractivity contribution is 0.0527. The van der Waals surface area contributed by atoms with Gasteiger partial charge < -0.3 is 20.7 Å². The van der Waals surface area contributed by atoms with E-state index in [0.717, 1.165) is 30.2 Å². The van der Waals surface area contributed by atoms with Crippen molar-refractivity contribution in [1.29, 1.82) is 0 Å². The zero-order valence-corrected chi connectivity index (χ0v) is 20.5. The zero-order valence-electron chi connectivity index (χ0n) is 18.1. The van der Waals surface area contributed by atoms with Gasteiger partial charge in [-0.25, -0.2) is 14.5 Å². The molecule has 0 aliphatic heterocycles. The first-order valence-corrected chi connectivity index (χ1v) is 9.95. The maximum atomic E-state index is 11.6. The van der Waals surface area contributed by atoms with Crippen molar-refractivity contribution in [2.24, 2.45) is 4.99 Å². The van der Waals surface area contributed by atoms with Crippen LogP contribution in [0.15, 0.2) is 47.7 Å². The SMILES string of the molecule is CCNC(=NCc1ccc(-n2cccn2)cc1)NCCCNC(=O)OC(C)(C)C.I. The summed E-state index contributed by atoms with van der Waals surface area (Å²) in [5.41, 5.74) is 1.65. The quantitative estimate of drug-likeness (QED) is 0.211. The Labute approximate surface area is 195 Å². The van der Waals surface area contributed by atoms with Crippen molar-refractivity contribution in [3.63, 3.8) is 0 Å². The summed E-state index contributed by atoms with van der Waals surface area (Å²) < 4.78 is 7.03. The van der Waals surface area contributed by atoms with Crippen LogP contribution in [0.4, 0.5) is 4.79 Å². The molecule has 0 fully saturated rings. The molecule has 2 aromatic rings. The molecule has 1 aromatic heterocycles. The highest BCUT2D eigenvalue weighted by atomic mass is 127. The Morgan fingerprint density at radius 3 is 2.43 bits per heavy atom. The molecule has 0 aliphatic carbocycles. The smallest absolute Gasteiger partial charge is 0.407 e. The summed E-state index contributed by atoms with van der Waals surface area (Å²) in [5.74, 6) is 0.751. The van der Waals surface area contributed by atoms with E-state index < -0.39 is 11.7 Å². The van der Waals surface area contributed by atoms with Gasteiger partial charge in [0.25, 0.3) is 0 Å². The zero-order chi connectivity index (χ0) is 21.1. The van der Waals surface area contributed by atoms with Gasteiger partial charge in [-0.05, 0) is 57.9 Å². The molecule has 1 aromatic carbocycles. The van der Waals surface area contributed by atoms with Crippen LogP contribution in [0.2, 0.25) is 0 Å². The molecular formula is C21H33IN6O2. The summed E-state index contributed by atoms with van der Waals surface area (Å²) in [6, 6.07) is 10.1. The van der Waals surface area contributed by atoms with E-state index in [-0.39, 0.29) is 24.0 Å². The second kappa shape index (κ2) is 13.1. The van der Waals surface area contributed by atoms with Crippen LogP contribution in [-0.4, -0.2) is 47.1 Å². The van der Waals surface area contributed by atoms with E-state index in [4.69, 9.17) is 4.74 Å². The molecule has 166 valence electrons. The maximum Gasteiger partial charge on any atom is 0.407 e. The summed E-state index contributed by atoms with van der Waals surface area (Å²) in [6.45, 7) is 10.1. The summed E-state index contributed by atoms with van der Waals surface area (Å²) >= 11 is 0. The summed E-state index contributed by atoms with van der Waals surface area (Å²) in [7, 11) is 0. The van der Waals surface area contributed by atoms with Crippen LogP contribution < -0.4 is 16.0 Å². The van der Waals surface area contributed by atoms with Gasteiger partial charge in [-0.15, -0.1) is 24.0 Å². The highest BCUT2D eigenvalue weighted by Gasteiger charge is 2.15. The predicted molar refractivity (Wildman–Crippen MR) is 131 cm³/mol. The number of nitrogens with zero attached hydrogens (tertiary/aromatic N) is 3. The van der Waals surface area contributed by atoms with Crippen LogP contribution in [0.5, 0.6) is 0 Å². The fraction of sp³-hybridized carbons (Fsp3) is 0.476. The molecule has 8 nitrogen and oxygen atoms in total. The number of hydrogen-bond acceptors (Lipinski definition) is 4. The van der Waals surface area contributed by atoms with Crippen molar-refractivity contribution >= 4 is 36.0 Å². The highest BCUT2D eigenvalue weighted by molar-refractivity contribution is 14.0. The highest BCUT2D eigenvalue weighted by Crippen LogP contribution is 2.09. The second-order valence-electron chi connectivity index (χ2n) is 7.52. The Bertz CT molecular complexity index is 770. The number of aliphatic imine (C=N–C) groups is 1. The normalized spacial score (nSPS) is 11.4. The van der Waals surface area contributed by atoms with Gasteiger partial charge in [-0.3, -0.25) is 0 Å². The standard InChI is InChI=1S/C21H32N6O2.HI/c1-5-22-19(23-12-6-13-24-20(28)29-21(2,3)4)25-16-17-8-10-18(11-9-17)27-15-7-14-26-27;/h7-11,14-15H,5-6,12-13,16H2,1-4H3,(H,24,28)(H2,22,23,25);1H. The first-order chi connectivity index (χ1) is 13.9. The molecule has 2 rings (SSSR count). The summed E-state index contributed by atoms with van der Waals surface area (Å²) in [4.78, 5) is 16.2. The van der Waals surface area contributed by atoms with Crippen LogP contribution in [-0.2, 0) is 11.3 Å². The number of rotatable bonds is 8. The number of aromatic nitrogens is 2. The molecule has 0 saturated heterocycles. The van der Waals surface area contributed by atoms with Gasteiger partial charge in [0.15, 0.2) is 5.96 Å². The molecular weight excluding hydrogens is 495 g/mol. The molecule has 1 heterocycles. The van der Waals surface area contributed by atoms with Crippen molar-refractivity contribution in [3.05, 3.63) is 48.3 Å². The summed E-state index contributed by atoms with van der Waals surface area (Å²) in [6.07, 6.45) is 4.05. The lowest BCUT2D eigenvalue weighted by atomic mass is 10.2. The maximum absolute atomic E-state index is 11.6. The minimum Gasteiger partial charge on any atom is -0.444 e. The molecule has 0 spiro atoms. The summed E-state index contributed by atoms with van der Waals surface area (Å²) in [5, 5.41) is 13.5. The average molecular weight is 528 g/mol. The number of benzene rings is 1. The Morgan fingerprint density at radius 2 is 1.83 bits per heavy atom. The number of carbonyl (C=O) groups is 1. The third-order valence-electron chi connectivity index (χ3n) is 3.78. The number of ether oxygens (including phenoxy) is 1. The first-order valence-electron chi connectivity index (χ1n) is 9.95. The Hall–Kier alpha value is -2.30. The number of hydrogen-bond donors (Lipinski definition) is 3. The molecule has 9 heteroatoms. The number of carbonyl (C=O) groups excluding carboxylic acids is 1. The molecule has 0 unspecified atom stereocenters. The largest absolute Gasteiger partial charge is 0.444 e. The predicted octanol–water partition coefficient (Wildman–Crippen LogP) is 3.46. The van der Waals surface area contributed by atoms with Gasteiger partial charge in [-0.2, -0.15) is 5.10 Å². The molecule has 0 bridgehead atoms. The van der Waals surface area contributed by atoms with Crippen LogP contribution >= 0.6 is 24.0 Å².